The zero-order valence-corrected chi connectivity index (χ0v) is 12.4. The Hall–Kier alpha value is -2.17. The Balaban J connectivity index is 2.13. The summed E-state index contributed by atoms with van der Waals surface area (Å²) < 4.78 is 15.6. The predicted molar refractivity (Wildman–Crippen MR) is 86.4 cm³/mol. The molecule has 114 valence electrons. The standard InChI is InChI=1S/C18H19FN2O/c1-20-12-17(22)18(14-6-4-7-15(19)11-14)21-10-9-13-5-2-3-8-16(13)21/h2-11,17-18,20,22H,12H2,1H3/t17-,18+/m1/s1. The molecule has 0 fully saturated rings. The maximum Gasteiger partial charge on any atom is 0.123 e. The van der Waals surface area contributed by atoms with Crippen molar-refractivity contribution in [3.8, 4) is 0 Å². The van der Waals surface area contributed by atoms with Crippen molar-refractivity contribution in [1.82, 2.24) is 9.88 Å². The van der Waals surface area contributed by atoms with Crippen LogP contribution in [-0.4, -0.2) is 29.4 Å². The number of halogens is 1. The minimum Gasteiger partial charge on any atom is -0.389 e. The average Bonchev–Trinajstić information content (AvgIpc) is 2.92. The zero-order valence-electron chi connectivity index (χ0n) is 12.4. The van der Waals surface area contributed by atoms with Crippen molar-refractivity contribution >= 4 is 10.9 Å². The van der Waals surface area contributed by atoms with Crippen LogP contribution < -0.4 is 5.32 Å². The van der Waals surface area contributed by atoms with Crippen molar-refractivity contribution in [3.63, 3.8) is 0 Å². The van der Waals surface area contributed by atoms with E-state index in [0.29, 0.717) is 6.54 Å². The highest BCUT2D eigenvalue weighted by atomic mass is 19.1. The number of hydrogen-bond acceptors (Lipinski definition) is 2. The largest absolute Gasteiger partial charge is 0.389 e. The second-order valence-electron chi connectivity index (χ2n) is 5.41. The van der Waals surface area contributed by atoms with E-state index < -0.39 is 6.10 Å². The predicted octanol–water partition coefficient (Wildman–Crippen LogP) is 2.95. The van der Waals surface area contributed by atoms with Crippen LogP contribution in [0.1, 0.15) is 11.6 Å². The van der Waals surface area contributed by atoms with Crippen LogP contribution in [-0.2, 0) is 0 Å². The molecule has 0 bridgehead atoms. The summed E-state index contributed by atoms with van der Waals surface area (Å²) in [6.07, 6.45) is 1.28. The summed E-state index contributed by atoms with van der Waals surface area (Å²) in [6.45, 7) is 0.424. The molecular weight excluding hydrogens is 279 g/mol. The molecule has 0 spiro atoms. The number of hydrogen-bond donors (Lipinski definition) is 2. The number of aliphatic hydroxyl groups is 1. The highest BCUT2D eigenvalue weighted by molar-refractivity contribution is 5.80. The van der Waals surface area contributed by atoms with E-state index in [2.05, 4.69) is 5.32 Å². The third-order valence-corrected chi connectivity index (χ3v) is 3.90. The lowest BCUT2D eigenvalue weighted by atomic mass is 10.0. The van der Waals surface area contributed by atoms with Gasteiger partial charge < -0.3 is 15.0 Å². The van der Waals surface area contributed by atoms with Crippen molar-refractivity contribution < 1.29 is 9.50 Å². The average molecular weight is 298 g/mol. The number of rotatable bonds is 5. The number of nitrogens with one attached hydrogen (secondary N) is 1. The smallest absolute Gasteiger partial charge is 0.123 e. The van der Waals surface area contributed by atoms with Crippen LogP contribution in [0.4, 0.5) is 4.39 Å². The van der Waals surface area contributed by atoms with Gasteiger partial charge in [-0.25, -0.2) is 4.39 Å². The van der Waals surface area contributed by atoms with Gasteiger partial charge in [-0.1, -0.05) is 30.3 Å². The summed E-state index contributed by atoms with van der Waals surface area (Å²) in [4.78, 5) is 0. The lowest BCUT2D eigenvalue weighted by molar-refractivity contribution is 0.132. The molecule has 0 aliphatic rings. The molecule has 4 heteroatoms. The van der Waals surface area contributed by atoms with Gasteiger partial charge in [-0.15, -0.1) is 0 Å². The van der Waals surface area contributed by atoms with E-state index in [1.54, 1.807) is 13.1 Å². The second-order valence-corrected chi connectivity index (χ2v) is 5.41. The van der Waals surface area contributed by atoms with Crippen LogP contribution in [0.15, 0.2) is 60.8 Å². The quantitative estimate of drug-likeness (QED) is 0.760. The molecule has 3 nitrogen and oxygen atoms in total. The van der Waals surface area contributed by atoms with Gasteiger partial charge in [0.2, 0.25) is 0 Å². The van der Waals surface area contributed by atoms with Crippen LogP contribution in [0, 0.1) is 5.82 Å². The third kappa shape index (κ3) is 2.75. The van der Waals surface area contributed by atoms with Gasteiger partial charge in [0.05, 0.1) is 12.1 Å². The Morgan fingerprint density at radius 1 is 1.14 bits per heavy atom. The van der Waals surface area contributed by atoms with Gasteiger partial charge in [0.25, 0.3) is 0 Å². The highest BCUT2D eigenvalue weighted by Gasteiger charge is 2.23. The topological polar surface area (TPSA) is 37.2 Å². The fraction of sp³-hybridized carbons (Fsp3) is 0.222. The van der Waals surface area contributed by atoms with Gasteiger partial charge in [0, 0.05) is 18.3 Å². The van der Waals surface area contributed by atoms with Crippen LogP contribution >= 0.6 is 0 Å². The van der Waals surface area contributed by atoms with E-state index in [-0.39, 0.29) is 11.9 Å². The van der Waals surface area contributed by atoms with Gasteiger partial charge in [0.15, 0.2) is 0 Å². The first-order valence-corrected chi connectivity index (χ1v) is 7.34. The number of para-hydroxylation sites is 1. The normalized spacial score (nSPS) is 14.1. The lowest BCUT2D eigenvalue weighted by Crippen LogP contribution is -2.33. The second kappa shape index (κ2) is 6.30. The molecule has 3 aromatic rings. The van der Waals surface area contributed by atoms with Crippen LogP contribution in [0.25, 0.3) is 10.9 Å². The van der Waals surface area contributed by atoms with Gasteiger partial charge in [-0.05, 0) is 42.3 Å². The van der Waals surface area contributed by atoms with Crippen molar-refractivity contribution in [2.75, 3.05) is 13.6 Å². The number of aliphatic hydroxyl groups excluding tert-OH is 1. The van der Waals surface area contributed by atoms with Crippen LogP contribution in [0.3, 0.4) is 0 Å². The summed E-state index contributed by atoms with van der Waals surface area (Å²) in [5.74, 6) is -0.296. The molecule has 22 heavy (non-hydrogen) atoms. The van der Waals surface area contributed by atoms with Crippen molar-refractivity contribution in [3.05, 3.63) is 72.2 Å². The molecule has 2 atom stereocenters. The summed E-state index contributed by atoms with van der Waals surface area (Å²) >= 11 is 0. The number of nitrogens with zero attached hydrogens (tertiary/aromatic N) is 1. The molecule has 0 radical (unpaired) electrons. The molecule has 0 amide bonds. The van der Waals surface area contributed by atoms with Gasteiger partial charge in [-0.2, -0.15) is 0 Å². The minimum absolute atomic E-state index is 0.296. The Kier molecular flexibility index (Phi) is 4.22. The first-order chi connectivity index (χ1) is 10.7. The Labute approximate surface area is 129 Å². The van der Waals surface area contributed by atoms with E-state index >= 15 is 0 Å². The van der Waals surface area contributed by atoms with Crippen LogP contribution in [0.2, 0.25) is 0 Å². The van der Waals surface area contributed by atoms with E-state index in [0.717, 1.165) is 16.5 Å². The van der Waals surface area contributed by atoms with E-state index in [1.807, 2.05) is 47.2 Å². The van der Waals surface area contributed by atoms with Crippen molar-refractivity contribution in [2.24, 2.45) is 0 Å². The maximum absolute atomic E-state index is 13.6. The first-order valence-electron chi connectivity index (χ1n) is 7.34. The van der Waals surface area contributed by atoms with Crippen molar-refractivity contribution in [2.45, 2.75) is 12.1 Å². The molecule has 0 unspecified atom stereocenters. The molecule has 2 aromatic carbocycles. The van der Waals surface area contributed by atoms with Crippen LogP contribution in [0.5, 0.6) is 0 Å². The molecule has 3 rings (SSSR count). The Morgan fingerprint density at radius 2 is 1.95 bits per heavy atom. The van der Waals surface area contributed by atoms with Gasteiger partial charge in [0.1, 0.15) is 5.82 Å². The number of fused-ring (bicyclic) bond motifs is 1. The SMILES string of the molecule is CNC[C@@H](O)[C@H](c1cccc(F)c1)n1ccc2ccccc21. The number of aromatic nitrogens is 1. The summed E-state index contributed by atoms with van der Waals surface area (Å²) in [5, 5.41) is 14.7. The molecule has 1 heterocycles. The summed E-state index contributed by atoms with van der Waals surface area (Å²) in [7, 11) is 1.79. The van der Waals surface area contributed by atoms with Crippen molar-refractivity contribution in [1.29, 1.82) is 0 Å². The molecule has 0 saturated heterocycles. The fourth-order valence-electron chi connectivity index (χ4n) is 2.93. The lowest BCUT2D eigenvalue weighted by Gasteiger charge is -2.26. The Morgan fingerprint density at radius 3 is 2.73 bits per heavy atom. The number of benzene rings is 2. The Bertz CT molecular complexity index is 768. The monoisotopic (exact) mass is 298 g/mol. The molecule has 0 aliphatic carbocycles. The van der Waals surface area contributed by atoms with E-state index in [9.17, 15) is 9.50 Å². The maximum atomic E-state index is 13.6. The molecule has 1 aromatic heterocycles. The van der Waals surface area contributed by atoms with Gasteiger partial charge in [-0.3, -0.25) is 0 Å². The van der Waals surface area contributed by atoms with E-state index in [4.69, 9.17) is 0 Å². The van der Waals surface area contributed by atoms with E-state index in [1.165, 1.54) is 12.1 Å². The molecular formula is C18H19FN2O. The summed E-state index contributed by atoms with van der Waals surface area (Å²) in [5.41, 5.74) is 1.77. The van der Waals surface area contributed by atoms with Gasteiger partial charge >= 0.3 is 0 Å². The molecule has 0 aliphatic heterocycles. The molecule has 0 saturated carbocycles. The minimum atomic E-state index is -0.664. The summed E-state index contributed by atoms with van der Waals surface area (Å²) in [6, 6.07) is 16.1. The zero-order chi connectivity index (χ0) is 15.5. The first kappa shape index (κ1) is 14.8. The molecule has 2 N–H and O–H groups in total. The third-order valence-electron chi connectivity index (χ3n) is 3.90. The highest BCUT2D eigenvalue weighted by Crippen LogP contribution is 2.28. The number of likely N-dealkylation sites (N-methyl/N-ethyl adjacent to an activating group) is 1. The fourth-order valence-corrected chi connectivity index (χ4v) is 2.93.